The lowest BCUT2D eigenvalue weighted by atomic mass is 10.3. The van der Waals surface area contributed by atoms with Crippen LogP contribution in [-0.4, -0.2) is 21.1 Å². The molecule has 0 bridgehead atoms. The van der Waals surface area contributed by atoms with E-state index in [2.05, 4.69) is 36.2 Å². The van der Waals surface area contributed by atoms with Gasteiger partial charge >= 0.3 is 6.01 Å². The van der Waals surface area contributed by atoms with E-state index in [1.807, 2.05) is 0 Å². The van der Waals surface area contributed by atoms with Crippen LogP contribution < -0.4 is 10.1 Å². The van der Waals surface area contributed by atoms with Gasteiger partial charge < -0.3 is 10.1 Å². The number of hydrogen-bond acceptors (Lipinski definition) is 5. The molecule has 2 rings (SSSR count). The number of aromatic nitrogens is 3. The van der Waals surface area contributed by atoms with Crippen molar-refractivity contribution in [2.45, 2.75) is 20.0 Å². The first-order valence-corrected chi connectivity index (χ1v) is 7.02. The van der Waals surface area contributed by atoms with Gasteiger partial charge in [-0.25, -0.2) is 8.78 Å². The number of anilines is 2. The summed E-state index contributed by atoms with van der Waals surface area (Å²) in [5, 5.41) is 2.49. The van der Waals surface area contributed by atoms with Crippen LogP contribution >= 0.6 is 27.5 Å². The number of nitrogens with zero attached hydrogens (tertiary/aromatic N) is 3. The van der Waals surface area contributed by atoms with Crippen LogP contribution in [0.1, 0.15) is 13.8 Å². The highest BCUT2D eigenvalue weighted by Crippen LogP contribution is 2.26. The summed E-state index contributed by atoms with van der Waals surface area (Å²) in [4.78, 5) is 11.5. The maximum Gasteiger partial charge on any atom is 0.322 e. The van der Waals surface area contributed by atoms with Crippen molar-refractivity contribution in [3.8, 4) is 6.01 Å². The van der Waals surface area contributed by atoms with Gasteiger partial charge in [-0.2, -0.15) is 15.0 Å². The molecule has 1 aromatic carbocycles. The molecule has 0 radical (unpaired) electrons. The van der Waals surface area contributed by atoms with Crippen molar-refractivity contribution in [2.75, 3.05) is 5.32 Å². The molecule has 21 heavy (non-hydrogen) atoms. The van der Waals surface area contributed by atoms with Gasteiger partial charge in [-0.15, -0.1) is 0 Å². The number of halogens is 4. The molecular weight excluding hydrogens is 370 g/mol. The van der Waals surface area contributed by atoms with Crippen molar-refractivity contribution in [1.29, 1.82) is 0 Å². The fourth-order valence-corrected chi connectivity index (χ4v) is 1.89. The summed E-state index contributed by atoms with van der Waals surface area (Å²) in [7, 11) is 0. The van der Waals surface area contributed by atoms with Crippen molar-refractivity contribution in [3.63, 3.8) is 0 Å². The number of benzene rings is 1. The molecule has 5 nitrogen and oxygen atoms in total. The summed E-state index contributed by atoms with van der Waals surface area (Å²) in [5.74, 6) is -1.52. The van der Waals surface area contributed by atoms with E-state index in [1.165, 1.54) is 6.07 Å². The van der Waals surface area contributed by atoms with Crippen molar-refractivity contribution in [2.24, 2.45) is 0 Å². The third-order valence-electron chi connectivity index (χ3n) is 2.19. The maximum absolute atomic E-state index is 13.7. The lowest BCUT2D eigenvalue weighted by Gasteiger charge is -2.10. The molecule has 0 aliphatic heterocycles. The third-order valence-corrected chi connectivity index (χ3v) is 2.96. The van der Waals surface area contributed by atoms with Gasteiger partial charge in [0.25, 0.3) is 0 Å². The van der Waals surface area contributed by atoms with E-state index >= 15 is 0 Å². The van der Waals surface area contributed by atoms with Crippen LogP contribution in [0.25, 0.3) is 0 Å². The molecule has 0 amide bonds. The Balaban J connectivity index is 2.31. The minimum Gasteiger partial charge on any atom is -0.461 e. The molecule has 1 N–H and O–H groups in total. The first-order chi connectivity index (χ1) is 9.85. The molecule has 0 saturated heterocycles. The molecule has 0 aliphatic rings. The van der Waals surface area contributed by atoms with E-state index in [4.69, 9.17) is 16.3 Å². The topological polar surface area (TPSA) is 59.9 Å². The zero-order valence-electron chi connectivity index (χ0n) is 11.0. The second kappa shape index (κ2) is 6.48. The Morgan fingerprint density at radius 3 is 2.57 bits per heavy atom. The Morgan fingerprint density at radius 1 is 1.19 bits per heavy atom. The Hall–Kier alpha value is -1.54. The second-order valence-electron chi connectivity index (χ2n) is 4.25. The molecule has 0 aliphatic carbocycles. The summed E-state index contributed by atoms with van der Waals surface area (Å²) in [5.41, 5.74) is -0.0129. The SMILES string of the molecule is CC(C)Oc1nc(Cl)nc(Nc2cc(Br)c(F)cc2F)n1. The molecule has 0 atom stereocenters. The van der Waals surface area contributed by atoms with Crippen LogP contribution in [0.2, 0.25) is 5.28 Å². The zero-order chi connectivity index (χ0) is 15.6. The van der Waals surface area contributed by atoms with Gasteiger partial charge in [-0.3, -0.25) is 0 Å². The molecule has 112 valence electrons. The Kier molecular flexibility index (Phi) is 4.89. The van der Waals surface area contributed by atoms with Gasteiger partial charge in [-0.05, 0) is 47.4 Å². The fraction of sp³-hybridized carbons (Fsp3) is 0.250. The molecule has 0 saturated carbocycles. The van der Waals surface area contributed by atoms with Crippen LogP contribution in [0.5, 0.6) is 6.01 Å². The molecular formula is C12H10BrClF2N4O. The average molecular weight is 380 g/mol. The maximum atomic E-state index is 13.7. The monoisotopic (exact) mass is 378 g/mol. The highest BCUT2D eigenvalue weighted by Gasteiger charge is 2.12. The predicted molar refractivity (Wildman–Crippen MR) is 77.9 cm³/mol. The highest BCUT2D eigenvalue weighted by atomic mass is 79.9. The standard InChI is InChI=1S/C12H10BrClF2N4O/c1-5(2)21-12-19-10(14)18-11(20-12)17-9-3-6(13)7(15)4-8(9)16/h3-5H,1-2H3,(H,17,18,19,20). The normalized spacial score (nSPS) is 10.8. The summed E-state index contributed by atoms with van der Waals surface area (Å²) >= 11 is 8.72. The zero-order valence-corrected chi connectivity index (χ0v) is 13.3. The van der Waals surface area contributed by atoms with Crippen molar-refractivity contribution < 1.29 is 13.5 Å². The van der Waals surface area contributed by atoms with Crippen molar-refractivity contribution in [1.82, 2.24) is 15.0 Å². The smallest absolute Gasteiger partial charge is 0.322 e. The lowest BCUT2D eigenvalue weighted by Crippen LogP contribution is -2.10. The average Bonchev–Trinajstić information content (AvgIpc) is 2.34. The fourth-order valence-electron chi connectivity index (χ4n) is 1.39. The largest absolute Gasteiger partial charge is 0.461 e. The van der Waals surface area contributed by atoms with Crippen LogP contribution in [0.3, 0.4) is 0 Å². The van der Waals surface area contributed by atoms with Gasteiger partial charge in [-0.1, -0.05) is 0 Å². The van der Waals surface area contributed by atoms with Gasteiger partial charge in [0.15, 0.2) is 0 Å². The van der Waals surface area contributed by atoms with Crippen LogP contribution in [-0.2, 0) is 0 Å². The molecule has 0 fully saturated rings. The minimum absolute atomic E-state index is 0.00841. The number of nitrogens with one attached hydrogen (secondary N) is 1. The highest BCUT2D eigenvalue weighted by molar-refractivity contribution is 9.10. The van der Waals surface area contributed by atoms with Crippen LogP contribution in [0.15, 0.2) is 16.6 Å². The first-order valence-electron chi connectivity index (χ1n) is 5.85. The van der Waals surface area contributed by atoms with Gasteiger partial charge in [0.2, 0.25) is 11.2 Å². The number of rotatable bonds is 4. The Morgan fingerprint density at radius 2 is 1.90 bits per heavy atom. The van der Waals surface area contributed by atoms with Crippen molar-refractivity contribution >= 4 is 39.2 Å². The summed E-state index contributed by atoms with van der Waals surface area (Å²) in [6.45, 7) is 3.59. The summed E-state index contributed by atoms with van der Waals surface area (Å²) < 4.78 is 32.2. The molecule has 0 spiro atoms. The molecule has 1 heterocycles. The Bertz CT molecular complexity index is 672. The molecule has 2 aromatic rings. The molecule has 0 unspecified atom stereocenters. The van der Waals surface area contributed by atoms with Gasteiger partial charge in [0.05, 0.1) is 16.3 Å². The third kappa shape index (κ3) is 4.21. The van der Waals surface area contributed by atoms with Crippen molar-refractivity contribution in [3.05, 3.63) is 33.5 Å². The molecule has 1 aromatic heterocycles. The lowest BCUT2D eigenvalue weighted by molar-refractivity contribution is 0.222. The summed E-state index contributed by atoms with van der Waals surface area (Å²) in [6, 6.07) is 1.97. The van der Waals surface area contributed by atoms with E-state index in [0.717, 1.165) is 6.07 Å². The Labute approximate surface area is 132 Å². The summed E-state index contributed by atoms with van der Waals surface area (Å²) in [6.07, 6.45) is -0.159. The predicted octanol–water partition coefficient (Wildman–Crippen LogP) is 4.10. The van der Waals surface area contributed by atoms with Gasteiger partial charge in [0.1, 0.15) is 11.6 Å². The van der Waals surface area contributed by atoms with E-state index in [-0.39, 0.29) is 33.5 Å². The van der Waals surface area contributed by atoms with E-state index in [0.29, 0.717) is 0 Å². The van der Waals surface area contributed by atoms with E-state index in [9.17, 15) is 8.78 Å². The molecule has 9 heteroatoms. The number of ether oxygens (including phenoxy) is 1. The van der Waals surface area contributed by atoms with E-state index in [1.54, 1.807) is 13.8 Å². The van der Waals surface area contributed by atoms with Crippen LogP contribution in [0.4, 0.5) is 20.4 Å². The van der Waals surface area contributed by atoms with Crippen LogP contribution in [0, 0.1) is 11.6 Å². The minimum atomic E-state index is -0.793. The first kappa shape index (κ1) is 15.8. The van der Waals surface area contributed by atoms with E-state index < -0.39 is 11.6 Å². The second-order valence-corrected chi connectivity index (χ2v) is 5.44. The van der Waals surface area contributed by atoms with Gasteiger partial charge in [0, 0.05) is 6.07 Å². The quantitative estimate of drug-likeness (QED) is 0.811. The number of hydrogen-bond donors (Lipinski definition) is 1.